The van der Waals surface area contributed by atoms with Crippen molar-refractivity contribution in [3.8, 4) is 0 Å². The molecule has 1 heterocycles. The van der Waals surface area contributed by atoms with Crippen molar-refractivity contribution in [2.75, 3.05) is 25.2 Å². The quantitative estimate of drug-likeness (QED) is 0.776. The predicted octanol–water partition coefficient (Wildman–Crippen LogP) is 2.77. The average Bonchev–Trinajstić information content (AvgIpc) is 2.81. The maximum absolute atomic E-state index is 11.2. The average molecular weight is 254 g/mol. The number of rotatable bonds is 3. The van der Waals surface area contributed by atoms with Gasteiger partial charge in [0.1, 0.15) is 0 Å². The molecule has 1 fully saturated rings. The highest BCUT2D eigenvalue weighted by Crippen LogP contribution is 2.29. The summed E-state index contributed by atoms with van der Waals surface area (Å²) in [6.07, 6.45) is 1.02. The van der Waals surface area contributed by atoms with E-state index in [1.54, 1.807) is 13.0 Å². The molecule has 0 saturated carbocycles. The topological polar surface area (TPSA) is 29.5 Å². The van der Waals surface area contributed by atoms with Crippen LogP contribution >= 0.6 is 11.6 Å². The Labute approximate surface area is 106 Å². The van der Waals surface area contributed by atoms with Crippen LogP contribution in [0.5, 0.6) is 0 Å². The van der Waals surface area contributed by atoms with E-state index in [1.165, 1.54) is 0 Å². The smallest absolute Gasteiger partial charge is 0.159 e. The molecule has 0 N–H and O–H groups in total. The van der Waals surface area contributed by atoms with Gasteiger partial charge in [0, 0.05) is 19.2 Å². The second-order valence-corrected chi connectivity index (χ2v) is 4.76. The standard InChI is InChI=1S/C13H16ClNO2/c1-9(16)10-3-4-13(12(14)7-10)15(2)11-5-6-17-8-11/h3-4,7,11H,5-6,8H2,1-2H3. The van der Waals surface area contributed by atoms with Gasteiger partial charge in [0.15, 0.2) is 5.78 Å². The molecule has 1 atom stereocenters. The van der Waals surface area contributed by atoms with Gasteiger partial charge in [-0.3, -0.25) is 4.79 Å². The van der Waals surface area contributed by atoms with Gasteiger partial charge in [0.2, 0.25) is 0 Å². The van der Waals surface area contributed by atoms with E-state index in [0.717, 1.165) is 25.3 Å². The zero-order valence-corrected chi connectivity index (χ0v) is 10.8. The van der Waals surface area contributed by atoms with Gasteiger partial charge in [-0.15, -0.1) is 0 Å². The summed E-state index contributed by atoms with van der Waals surface area (Å²) in [5.74, 6) is 0.0327. The summed E-state index contributed by atoms with van der Waals surface area (Å²) >= 11 is 6.21. The molecule has 0 bridgehead atoms. The van der Waals surface area contributed by atoms with E-state index in [1.807, 2.05) is 19.2 Å². The molecule has 0 aliphatic carbocycles. The van der Waals surface area contributed by atoms with Gasteiger partial charge < -0.3 is 9.64 Å². The first-order valence-corrected chi connectivity index (χ1v) is 6.08. The zero-order chi connectivity index (χ0) is 12.4. The molecule has 0 amide bonds. The number of halogens is 1. The van der Waals surface area contributed by atoms with Crippen LogP contribution in [0.2, 0.25) is 5.02 Å². The molecule has 2 rings (SSSR count). The fourth-order valence-corrected chi connectivity index (χ4v) is 2.35. The minimum atomic E-state index is 0.0327. The number of nitrogens with zero attached hydrogens (tertiary/aromatic N) is 1. The van der Waals surface area contributed by atoms with E-state index >= 15 is 0 Å². The highest BCUT2D eigenvalue weighted by Gasteiger charge is 2.22. The van der Waals surface area contributed by atoms with Crippen LogP contribution in [0, 0.1) is 0 Å². The number of likely N-dealkylation sites (N-methyl/N-ethyl adjacent to an activating group) is 1. The van der Waals surface area contributed by atoms with Crippen LogP contribution in [0.4, 0.5) is 5.69 Å². The molecule has 1 aliphatic heterocycles. The Balaban J connectivity index is 2.23. The van der Waals surface area contributed by atoms with E-state index < -0.39 is 0 Å². The summed E-state index contributed by atoms with van der Waals surface area (Å²) in [7, 11) is 2.01. The van der Waals surface area contributed by atoms with E-state index in [-0.39, 0.29) is 5.78 Å². The minimum Gasteiger partial charge on any atom is -0.379 e. The van der Waals surface area contributed by atoms with E-state index in [4.69, 9.17) is 16.3 Å². The lowest BCUT2D eigenvalue weighted by atomic mass is 10.1. The van der Waals surface area contributed by atoms with Crippen LogP contribution in [0.1, 0.15) is 23.7 Å². The first-order chi connectivity index (χ1) is 8.09. The number of ketones is 1. The fourth-order valence-electron chi connectivity index (χ4n) is 2.04. The molecule has 4 heteroatoms. The maximum Gasteiger partial charge on any atom is 0.159 e. The first-order valence-electron chi connectivity index (χ1n) is 5.70. The minimum absolute atomic E-state index is 0.0327. The molecule has 0 aromatic heterocycles. The Morgan fingerprint density at radius 1 is 1.53 bits per heavy atom. The number of carbonyl (C=O) groups is 1. The van der Waals surface area contributed by atoms with Gasteiger partial charge in [-0.25, -0.2) is 0 Å². The lowest BCUT2D eigenvalue weighted by Gasteiger charge is -2.26. The summed E-state index contributed by atoms with van der Waals surface area (Å²) in [5, 5.41) is 0.618. The number of benzene rings is 1. The van der Waals surface area contributed by atoms with Gasteiger partial charge in [0.05, 0.1) is 23.4 Å². The van der Waals surface area contributed by atoms with Crippen molar-refractivity contribution >= 4 is 23.1 Å². The summed E-state index contributed by atoms with van der Waals surface area (Å²) in [6, 6.07) is 5.81. The molecular formula is C13H16ClNO2. The SMILES string of the molecule is CC(=O)c1ccc(N(C)C2CCOC2)c(Cl)c1. The summed E-state index contributed by atoms with van der Waals surface area (Å²) < 4.78 is 5.36. The zero-order valence-electron chi connectivity index (χ0n) is 10.1. The molecule has 1 aliphatic rings. The highest BCUT2D eigenvalue weighted by atomic mass is 35.5. The highest BCUT2D eigenvalue weighted by molar-refractivity contribution is 6.33. The number of carbonyl (C=O) groups excluding carboxylic acids is 1. The van der Waals surface area contributed by atoms with Crippen molar-refractivity contribution in [2.24, 2.45) is 0 Å². The molecule has 0 radical (unpaired) electrons. The summed E-state index contributed by atoms with van der Waals surface area (Å²) in [5.41, 5.74) is 1.60. The first kappa shape index (κ1) is 12.4. The third kappa shape index (κ3) is 2.61. The summed E-state index contributed by atoms with van der Waals surface area (Å²) in [6.45, 7) is 3.08. The number of ether oxygens (including phenoxy) is 1. The van der Waals surface area contributed by atoms with Crippen LogP contribution in [0.3, 0.4) is 0 Å². The van der Waals surface area contributed by atoms with E-state index in [0.29, 0.717) is 16.6 Å². The molecule has 1 aromatic rings. The molecule has 0 spiro atoms. The number of Topliss-reactive ketones (excluding diaryl/α,β-unsaturated/α-hetero) is 1. The third-order valence-corrected chi connectivity index (χ3v) is 3.49. The van der Waals surface area contributed by atoms with Crippen molar-refractivity contribution in [1.82, 2.24) is 0 Å². The Hall–Kier alpha value is -1.06. The molecule has 17 heavy (non-hydrogen) atoms. The lowest BCUT2D eigenvalue weighted by molar-refractivity contribution is 0.101. The lowest BCUT2D eigenvalue weighted by Crippen LogP contribution is -2.31. The van der Waals surface area contributed by atoms with Gasteiger partial charge in [-0.05, 0) is 31.5 Å². The van der Waals surface area contributed by atoms with Crippen molar-refractivity contribution in [3.63, 3.8) is 0 Å². The van der Waals surface area contributed by atoms with E-state index in [9.17, 15) is 4.79 Å². The Morgan fingerprint density at radius 3 is 2.82 bits per heavy atom. The molecule has 3 nitrogen and oxygen atoms in total. The molecule has 1 saturated heterocycles. The Kier molecular flexibility index (Phi) is 3.69. The third-order valence-electron chi connectivity index (χ3n) is 3.19. The van der Waals surface area contributed by atoms with Crippen molar-refractivity contribution in [2.45, 2.75) is 19.4 Å². The number of hydrogen-bond donors (Lipinski definition) is 0. The second-order valence-electron chi connectivity index (χ2n) is 4.35. The van der Waals surface area contributed by atoms with Crippen LogP contribution < -0.4 is 4.90 Å². The van der Waals surface area contributed by atoms with Crippen molar-refractivity contribution in [1.29, 1.82) is 0 Å². The monoisotopic (exact) mass is 253 g/mol. The largest absolute Gasteiger partial charge is 0.379 e. The van der Waals surface area contributed by atoms with Crippen LogP contribution in [-0.2, 0) is 4.74 Å². The summed E-state index contributed by atoms with van der Waals surface area (Å²) in [4.78, 5) is 13.4. The molecular weight excluding hydrogens is 238 g/mol. The van der Waals surface area contributed by atoms with Gasteiger partial charge >= 0.3 is 0 Å². The van der Waals surface area contributed by atoms with Crippen LogP contribution in [0.15, 0.2) is 18.2 Å². The number of hydrogen-bond acceptors (Lipinski definition) is 3. The predicted molar refractivity (Wildman–Crippen MR) is 69.1 cm³/mol. The second kappa shape index (κ2) is 5.07. The molecule has 1 unspecified atom stereocenters. The fraction of sp³-hybridized carbons (Fsp3) is 0.462. The van der Waals surface area contributed by atoms with Gasteiger partial charge in [0.25, 0.3) is 0 Å². The normalized spacial score (nSPS) is 19.4. The van der Waals surface area contributed by atoms with Gasteiger partial charge in [-0.1, -0.05) is 11.6 Å². The number of anilines is 1. The Morgan fingerprint density at radius 2 is 2.29 bits per heavy atom. The van der Waals surface area contributed by atoms with Crippen molar-refractivity contribution < 1.29 is 9.53 Å². The van der Waals surface area contributed by atoms with Gasteiger partial charge in [-0.2, -0.15) is 0 Å². The maximum atomic E-state index is 11.2. The van der Waals surface area contributed by atoms with E-state index in [2.05, 4.69) is 4.90 Å². The van der Waals surface area contributed by atoms with Crippen molar-refractivity contribution in [3.05, 3.63) is 28.8 Å². The van der Waals surface area contributed by atoms with Crippen LogP contribution in [-0.4, -0.2) is 32.1 Å². The Bertz CT molecular complexity index is 427. The molecule has 92 valence electrons. The van der Waals surface area contributed by atoms with Crippen LogP contribution in [0.25, 0.3) is 0 Å². The molecule has 1 aromatic carbocycles.